The summed E-state index contributed by atoms with van der Waals surface area (Å²) in [6.45, 7) is 4.53. The lowest BCUT2D eigenvalue weighted by Gasteiger charge is -2.31. The van der Waals surface area contributed by atoms with Crippen LogP contribution < -0.4 is 5.32 Å². The maximum Gasteiger partial charge on any atom is 0.223 e. The lowest BCUT2D eigenvalue weighted by atomic mass is 10.00. The predicted molar refractivity (Wildman–Crippen MR) is 111 cm³/mol. The van der Waals surface area contributed by atoms with Crippen molar-refractivity contribution in [1.29, 1.82) is 0 Å². The van der Waals surface area contributed by atoms with E-state index in [1.165, 1.54) is 5.69 Å². The number of amides is 1. The molecule has 3 heterocycles. The summed E-state index contributed by atoms with van der Waals surface area (Å²) in [5.74, 6) is 0.866. The number of carbonyl (C=O) groups is 1. The van der Waals surface area contributed by atoms with Gasteiger partial charge in [-0.1, -0.05) is 18.2 Å². The van der Waals surface area contributed by atoms with Gasteiger partial charge in [-0.25, -0.2) is 4.68 Å². The Bertz CT molecular complexity index is 840. The summed E-state index contributed by atoms with van der Waals surface area (Å²) in [5, 5.41) is 7.88. The number of rotatable bonds is 6. The number of para-hydroxylation sites is 1. The van der Waals surface area contributed by atoms with Crippen LogP contribution in [0.25, 0.3) is 5.69 Å². The SMILES string of the molecule is O=C(NCc1cnn(-c2ccccc2)c1[C@H]1CCN(C2CCOCC2)C1)C1CC1. The van der Waals surface area contributed by atoms with Crippen LogP contribution in [0.15, 0.2) is 36.5 Å². The smallest absolute Gasteiger partial charge is 0.223 e. The van der Waals surface area contributed by atoms with E-state index in [1.54, 1.807) is 0 Å². The summed E-state index contributed by atoms with van der Waals surface area (Å²) in [6, 6.07) is 11.0. The first kappa shape index (κ1) is 18.8. The molecular weight excluding hydrogens is 364 g/mol. The molecule has 1 aliphatic carbocycles. The van der Waals surface area contributed by atoms with E-state index in [0.717, 1.165) is 69.7 Å². The van der Waals surface area contributed by atoms with Gasteiger partial charge < -0.3 is 10.1 Å². The van der Waals surface area contributed by atoms with Crippen LogP contribution >= 0.6 is 0 Å². The molecule has 6 nitrogen and oxygen atoms in total. The lowest BCUT2D eigenvalue weighted by Crippen LogP contribution is -2.37. The van der Waals surface area contributed by atoms with Crippen molar-refractivity contribution in [1.82, 2.24) is 20.0 Å². The van der Waals surface area contributed by atoms with Crippen LogP contribution in [-0.2, 0) is 16.1 Å². The average molecular weight is 395 g/mol. The largest absolute Gasteiger partial charge is 0.381 e. The van der Waals surface area contributed by atoms with Gasteiger partial charge in [0.25, 0.3) is 0 Å². The van der Waals surface area contributed by atoms with Gasteiger partial charge in [0.15, 0.2) is 0 Å². The van der Waals surface area contributed by atoms with Crippen molar-refractivity contribution in [3.63, 3.8) is 0 Å². The number of hydrogen-bond acceptors (Lipinski definition) is 4. The number of nitrogens with zero attached hydrogens (tertiary/aromatic N) is 3. The minimum Gasteiger partial charge on any atom is -0.381 e. The van der Waals surface area contributed by atoms with Crippen molar-refractivity contribution < 1.29 is 9.53 Å². The van der Waals surface area contributed by atoms with Gasteiger partial charge in [0, 0.05) is 49.7 Å². The standard InChI is InChI=1S/C23H30N4O2/c28-23(17-6-7-17)24-14-19-15-25-27(21-4-2-1-3-5-21)22(19)18-8-11-26(16-18)20-9-12-29-13-10-20/h1-5,15,17-18,20H,6-14,16H2,(H,24,28)/t18-/m0/s1. The topological polar surface area (TPSA) is 59.4 Å². The molecule has 2 aromatic rings. The van der Waals surface area contributed by atoms with Crippen LogP contribution in [0.5, 0.6) is 0 Å². The predicted octanol–water partition coefficient (Wildman–Crippen LogP) is 2.87. The summed E-state index contributed by atoms with van der Waals surface area (Å²) < 4.78 is 7.65. The van der Waals surface area contributed by atoms with E-state index in [9.17, 15) is 4.79 Å². The Labute approximate surface area is 172 Å². The highest BCUT2D eigenvalue weighted by atomic mass is 16.5. The summed E-state index contributed by atoms with van der Waals surface area (Å²) in [6.07, 6.45) is 7.42. The van der Waals surface area contributed by atoms with Crippen molar-refractivity contribution in [3.05, 3.63) is 47.8 Å². The molecule has 29 heavy (non-hydrogen) atoms. The Morgan fingerprint density at radius 3 is 2.66 bits per heavy atom. The molecule has 0 radical (unpaired) electrons. The van der Waals surface area contributed by atoms with Crippen molar-refractivity contribution in [3.8, 4) is 5.69 Å². The van der Waals surface area contributed by atoms with Crippen LogP contribution in [0.1, 0.15) is 49.3 Å². The first-order chi connectivity index (χ1) is 14.3. The van der Waals surface area contributed by atoms with Gasteiger partial charge in [-0.3, -0.25) is 9.69 Å². The maximum absolute atomic E-state index is 12.2. The number of benzene rings is 1. The normalized spacial score (nSPS) is 23.4. The number of carbonyl (C=O) groups excluding carboxylic acids is 1. The zero-order valence-corrected chi connectivity index (χ0v) is 16.9. The number of hydrogen-bond donors (Lipinski definition) is 1. The second-order valence-electron chi connectivity index (χ2n) is 8.62. The lowest BCUT2D eigenvalue weighted by molar-refractivity contribution is -0.122. The minimum absolute atomic E-state index is 0.193. The Kier molecular flexibility index (Phi) is 5.38. The number of likely N-dealkylation sites (tertiary alicyclic amines) is 1. The summed E-state index contributed by atoms with van der Waals surface area (Å²) in [5.41, 5.74) is 3.51. The third-order valence-electron chi connectivity index (χ3n) is 6.60. The third-order valence-corrected chi connectivity index (χ3v) is 6.60. The zero-order valence-electron chi connectivity index (χ0n) is 16.9. The van der Waals surface area contributed by atoms with E-state index in [0.29, 0.717) is 18.5 Å². The molecule has 1 amide bonds. The van der Waals surface area contributed by atoms with Gasteiger partial charge in [0.1, 0.15) is 0 Å². The minimum atomic E-state index is 0.193. The molecule has 6 heteroatoms. The molecule has 1 N–H and O–H groups in total. The fraction of sp³-hybridized carbons (Fsp3) is 0.565. The van der Waals surface area contributed by atoms with Crippen LogP contribution in [0.3, 0.4) is 0 Å². The Morgan fingerprint density at radius 2 is 1.90 bits per heavy atom. The molecule has 154 valence electrons. The first-order valence-electron chi connectivity index (χ1n) is 11.0. The molecule has 2 aliphatic heterocycles. The summed E-state index contributed by atoms with van der Waals surface area (Å²) in [7, 11) is 0. The fourth-order valence-electron chi connectivity index (χ4n) is 4.80. The quantitative estimate of drug-likeness (QED) is 0.819. The van der Waals surface area contributed by atoms with Crippen LogP contribution in [0.2, 0.25) is 0 Å². The van der Waals surface area contributed by atoms with Gasteiger partial charge in [-0.2, -0.15) is 5.10 Å². The Hall–Kier alpha value is -2.18. The molecule has 1 saturated carbocycles. The summed E-state index contributed by atoms with van der Waals surface area (Å²) >= 11 is 0. The van der Waals surface area contributed by atoms with Gasteiger partial charge in [0.2, 0.25) is 5.91 Å². The van der Waals surface area contributed by atoms with Crippen molar-refractivity contribution >= 4 is 5.91 Å². The third kappa shape index (κ3) is 4.09. The zero-order chi connectivity index (χ0) is 19.6. The van der Waals surface area contributed by atoms with Gasteiger partial charge in [0.05, 0.1) is 17.6 Å². The highest BCUT2D eigenvalue weighted by Crippen LogP contribution is 2.34. The summed E-state index contributed by atoms with van der Waals surface area (Å²) in [4.78, 5) is 14.8. The highest BCUT2D eigenvalue weighted by molar-refractivity contribution is 5.80. The van der Waals surface area contributed by atoms with Crippen molar-refractivity contribution in [2.24, 2.45) is 5.92 Å². The van der Waals surface area contributed by atoms with Crippen LogP contribution in [0, 0.1) is 5.92 Å². The van der Waals surface area contributed by atoms with Gasteiger partial charge >= 0.3 is 0 Å². The molecule has 0 spiro atoms. The monoisotopic (exact) mass is 394 g/mol. The molecule has 1 aromatic heterocycles. The van der Waals surface area contributed by atoms with Crippen LogP contribution in [-0.4, -0.2) is 52.9 Å². The van der Waals surface area contributed by atoms with Gasteiger partial charge in [-0.15, -0.1) is 0 Å². The van der Waals surface area contributed by atoms with E-state index in [1.807, 2.05) is 12.3 Å². The van der Waals surface area contributed by atoms with Crippen LogP contribution in [0.4, 0.5) is 0 Å². The number of nitrogens with one attached hydrogen (secondary N) is 1. The number of aromatic nitrogens is 2. The molecule has 0 unspecified atom stereocenters. The first-order valence-corrected chi connectivity index (χ1v) is 11.0. The molecule has 1 aromatic carbocycles. The molecule has 3 aliphatic rings. The Morgan fingerprint density at radius 1 is 1.10 bits per heavy atom. The van der Waals surface area contributed by atoms with E-state index in [4.69, 9.17) is 9.84 Å². The van der Waals surface area contributed by atoms with Crippen molar-refractivity contribution in [2.75, 3.05) is 26.3 Å². The van der Waals surface area contributed by atoms with Crippen molar-refractivity contribution in [2.45, 2.75) is 50.6 Å². The number of ether oxygens (including phenoxy) is 1. The average Bonchev–Trinajstić information content (AvgIpc) is 3.36. The highest BCUT2D eigenvalue weighted by Gasteiger charge is 2.34. The second-order valence-corrected chi connectivity index (χ2v) is 8.62. The molecule has 3 fully saturated rings. The van der Waals surface area contributed by atoms with E-state index >= 15 is 0 Å². The molecule has 0 bridgehead atoms. The fourth-order valence-corrected chi connectivity index (χ4v) is 4.80. The molecule has 1 atom stereocenters. The maximum atomic E-state index is 12.2. The van der Waals surface area contributed by atoms with Gasteiger partial charge in [-0.05, 0) is 50.8 Å². The Balaban J connectivity index is 1.38. The molecule has 5 rings (SSSR count). The molecular formula is C23H30N4O2. The van der Waals surface area contributed by atoms with E-state index < -0.39 is 0 Å². The van der Waals surface area contributed by atoms with E-state index in [2.05, 4.69) is 39.2 Å². The second kappa shape index (κ2) is 8.28. The molecule has 2 saturated heterocycles. The van der Waals surface area contributed by atoms with E-state index in [-0.39, 0.29) is 11.8 Å².